The number of sulfonamides is 1. The minimum absolute atomic E-state index is 0.141. The normalized spacial score (nSPS) is 18.9. The summed E-state index contributed by atoms with van der Waals surface area (Å²) < 4.78 is 31.6. The van der Waals surface area contributed by atoms with Gasteiger partial charge in [-0.3, -0.25) is 0 Å². The summed E-state index contributed by atoms with van der Waals surface area (Å²) in [5.41, 5.74) is 0.920. The lowest BCUT2D eigenvalue weighted by molar-refractivity contribution is 0.0600. The molecule has 2 N–H and O–H groups in total. The molecule has 1 atom stereocenters. The van der Waals surface area contributed by atoms with E-state index in [9.17, 15) is 13.2 Å². The molecule has 0 saturated carbocycles. The number of nitrogens with one attached hydrogen (secondary N) is 2. The van der Waals surface area contributed by atoms with Crippen molar-refractivity contribution in [3.63, 3.8) is 0 Å². The van der Waals surface area contributed by atoms with Crippen LogP contribution in [0.15, 0.2) is 24.3 Å². The maximum absolute atomic E-state index is 12.1. The van der Waals surface area contributed by atoms with E-state index >= 15 is 0 Å². The topological polar surface area (TPSA) is 84.5 Å². The number of hydrogen-bond acceptors (Lipinski definition) is 5. The molecule has 22 heavy (non-hydrogen) atoms. The van der Waals surface area contributed by atoms with E-state index in [4.69, 9.17) is 0 Å². The Balaban J connectivity index is 1.94. The number of benzene rings is 1. The van der Waals surface area contributed by atoms with Crippen LogP contribution in [0.4, 0.5) is 0 Å². The predicted molar refractivity (Wildman–Crippen MR) is 84.0 cm³/mol. The van der Waals surface area contributed by atoms with Crippen LogP contribution in [0.5, 0.6) is 0 Å². The SMILES string of the molecule is COC(=O)c1cccc(CS(=O)(=O)NCC2CCCNC2)c1. The molecule has 0 radical (unpaired) electrons. The molecule has 1 aliphatic rings. The van der Waals surface area contributed by atoms with Crippen LogP contribution in [-0.4, -0.2) is 41.1 Å². The smallest absolute Gasteiger partial charge is 0.337 e. The number of carbonyl (C=O) groups is 1. The van der Waals surface area contributed by atoms with Gasteiger partial charge in [-0.15, -0.1) is 0 Å². The van der Waals surface area contributed by atoms with E-state index in [1.165, 1.54) is 7.11 Å². The highest BCUT2D eigenvalue weighted by Gasteiger charge is 2.18. The fourth-order valence-electron chi connectivity index (χ4n) is 2.52. The molecule has 0 aliphatic carbocycles. The van der Waals surface area contributed by atoms with Gasteiger partial charge in [0.15, 0.2) is 0 Å². The van der Waals surface area contributed by atoms with Gasteiger partial charge in [0, 0.05) is 6.54 Å². The quantitative estimate of drug-likeness (QED) is 0.759. The van der Waals surface area contributed by atoms with Crippen molar-refractivity contribution in [2.45, 2.75) is 18.6 Å². The van der Waals surface area contributed by atoms with Crippen molar-refractivity contribution in [3.8, 4) is 0 Å². The second kappa shape index (κ2) is 7.71. The fraction of sp³-hybridized carbons (Fsp3) is 0.533. The molecule has 1 heterocycles. The Bertz CT molecular complexity index is 610. The summed E-state index contributed by atoms with van der Waals surface area (Å²) in [6, 6.07) is 6.49. The average Bonchev–Trinajstić information content (AvgIpc) is 2.53. The van der Waals surface area contributed by atoms with Gasteiger partial charge in [0.2, 0.25) is 10.0 Å². The van der Waals surface area contributed by atoms with Crippen molar-refractivity contribution in [1.82, 2.24) is 10.0 Å². The van der Waals surface area contributed by atoms with Gasteiger partial charge in [-0.05, 0) is 49.5 Å². The van der Waals surface area contributed by atoms with E-state index in [0.29, 0.717) is 23.6 Å². The number of carbonyl (C=O) groups excluding carboxylic acids is 1. The summed E-state index contributed by atoms with van der Waals surface area (Å²) >= 11 is 0. The predicted octanol–water partition coefficient (Wildman–Crippen LogP) is 0.892. The largest absolute Gasteiger partial charge is 0.465 e. The van der Waals surface area contributed by atoms with Crippen molar-refractivity contribution >= 4 is 16.0 Å². The zero-order chi connectivity index (χ0) is 16.0. The van der Waals surface area contributed by atoms with E-state index in [1.54, 1.807) is 24.3 Å². The molecule has 1 unspecified atom stereocenters. The van der Waals surface area contributed by atoms with Crippen LogP contribution in [0.1, 0.15) is 28.8 Å². The van der Waals surface area contributed by atoms with Gasteiger partial charge in [-0.25, -0.2) is 17.9 Å². The number of rotatable bonds is 6. The molecule has 122 valence electrons. The molecule has 0 spiro atoms. The van der Waals surface area contributed by atoms with Gasteiger partial charge in [0.1, 0.15) is 0 Å². The molecular formula is C15H22N2O4S. The third-order valence-corrected chi connectivity index (χ3v) is 5.02. The van der Waals surface area contributed by atoms with Gasteiger partial charge in [0.05, 0.1) is 18.4 Å². The van der Waals surface area contributed by atoms with Crippen molar-refractivity contribution in [3.05, 3.63) is 35.4 Å². The highest BCUT2D eigenvalue weighted by molar-refractivity contribution is 7.88. The van der Waals surface area contributed by atoms with Crippen LogP contribution in [0.3, 0.4) is 0 Å². The Hall–Kier alpha value is -1.44. The number of piperidine rings is 1. The van der Waals surface area contributed by atoms with E-state index < -0.39 is 16.0 Å². The Labute approximate surface area is 131 Å². The van der Waals surface area contributed by atoms with Gasteiger partial charge in [-0.1, -0.05) is 12.1 Å². The Kier molecular flexibility index (Phi) is 5.93. The molecule has 0 bridgehead atoms. The zero-order valence-electron chi connectivity index (χ0n) is 12.7. The minimum atomic E-state index is -3.41. The maximum Gasteiger partial charge on any atom is 0.337 e. The first-order valence-corrected chi connectivity index (χ1v) is 9.01. The van der Waals surface area contributed by atoms with E-state index in [0.717, 1.165) is 25.9 Å². The first kappa shape index (κ1) is 16.9. The van der Waals surface area contributed by atoms with Crippen molar-refractivity contribution in [1.29, 1.82) is 0 Å². The van der Waals surface area contributed by atoms with Crippen LogP contribution >= 0.6 is 0 Å². The molecule has 1 aliphatic heterocycles. The Morgan fingerprint density at radius 1 is 1.45 bits per heavy atom. The lowest BCUT2D eigenvalue weighted by Gasteiger charge is -2.22. The summed E-state index contributed by atoms with van der Waals surface area (Å²) in [5, 5.41) is 3.26. The van der Waals surface area contributed by atoms with Crippen LogP contribution in [0.25, 0.3) is 0 Å². The summed E-state index contributed by atoms with van der Waals surface area (Å²) in [6.07, 6.45) is 2.11. The first-order chi connectivity index (χ1) is 10.5. The second-order valence-corrected chi connectivity index (χ2v) is 7.32. The highest BCUT2D eigenvalue weighted by Crippen LogP contribution is 2.12. The van der Waals surface area contributed by atoms with Gasteiger partial charge >= 0.3 is 5.97 Å². The number of ether oxygens (including phenoxy) is 1. The molecule has 7 heteroatoms. The summed E-state index contributed by atoms with van der Waals surface area (Å²) in [4.78, 5) is 11.5. The van der Waals surface area contributed by atoms with Crippen molar-refractivity contribution in [2.24, 2.45) is 5.92 Å². The average molecular weight is 326 g/mol. The van der Waals surface area contributed by atoms with Crippen LogP contribution < -0.4 is 10.0 Å². The third kappa shape index (κ3) is 5.08. The highest BCUT2D eigenvalue weighted by atomic mass is 32.2. The Morgan fingerprint density at radius 2 is 2.27 bits per heavy atom. The van der Waals surface area contributed by atoms with E-state index in [-0.39, 0.29) is 5.75 Å². The monoisotopic (exact) mass is 326 g/mol. The molecule has 1 fully saturated rings. The fourth-order valence-corrected chi connectivity index (χ4v) is 3.73. The molecular weight excluding hydrogens is 304 g/mol. The number of methoxy groups -OCH3 is 1. The molecule has 1 saturated heterocycles. The third-order valence-electron chi connectivity index (χ3n) is 3.70. The van der Waals surface area contributed by atoms with Crippen LogP contribution in [0, 0.1) is 5.92 Å². The van der Waals surface area contributed by atoms with Crippen molar-refractivity contribution in [2.75, 3.05) is 26.7 Å². The van der Waals surface area contributed by atoms with E-state index in [1.807, 2.05) is 0 Å². The Morgan fingerprint density at radius 3 is 2.95 bits per heavy atom. The summed E-state index contributed by atoms with van der Waals surface area (Å²) in [7, 11) is -2.12. The zero-order valence-corrected chi connectivity index (χ0v) is 13.5. The molecule has 0 aromatic heterocycles. The molecule has 0 amide bonds. The number of hydrogen-bond donors (Lipinski definition) is 2. The lowest BCUT2D eigenvalue weighted by atomic mass is 10.0. The molecule has 1 aromatic carbocycles. The maximum atomic E-state index is 12.1. The van der Waals surface area contributed by atoms with Crippen LogP contribution in [0.2, 0.25) is 0 Å². The van der Waals surface area contributed by atoms with Crippen LogP contribution in [-0.2, 0) is 20.5 Å². The second-order valence-electron chi connectivity index (χ2n) is 5.51. The summed E-state index contributed by atoms with van der Waals surface area (Å²) in [5.74, 6) is -0.275. The van der Waals surface area contributed by atoms with Gasteiger partial charge in [-0.2, -0.15) is 0 Å². The van der Waals surface area contributed by atoms with Gasteiger partial charge < -0.3 is 10.1 Å². The van der Waals surface area contributed by atoms with Gasteiger partial charge in [0.25, 0.3) is 0 Å². The van der Waals surface area contributed by atoms with E-state index in [2.05, 4.69) is 14.8 Å². The molecule has 6 nitrogen and oxygen atoms in total. The minimum Gasteiger partial charge on any atom is -0.465 e. The molecule has 1 aromatic rings. The molecule has 2 rings (SSSR count). The first-order valence-electron chi connectivity index (χ1n) is 7.35. The standard InChI is InChI=1S/C15H22N2O4S/c1-21-15(18)14-6-2-4-12(8-14)11-22(19,20)17-10-13-5-3-7-16-9-13/h2,4,6,8,13,16-17H,3,5,7,9-11H2,1H3. The lowest BCUT2D eigenvalue weighted by Crippen LogP contribution is -2.38. The number of esters is 1. The summed E-state index contributed by atoms with van der Waals surface area (Å²) in [6.45, 7) is 2.30. The van der Waals surface area contributed by atoms with Crippen molar-refractivity contribution < 1.29 is 17.9 Å².